The number of thioether (sulfide) groups is 1. The molecule has 0 N–H and O–H groups in total. The molecule has 9 nitrogen and oxygen atoms in total. The molecule has 0 unspecified atom stereocenters. The van der Waals surface area contributed by atoms with Gasteiger partial charge in [0.15, 0.2) is 10.8 Å². The highest BCUT2D eigenvalue weighted by Crippen LogP contribution is 2.28. The van der Waals surface area contributed by atoms with Gasteiger partial charge in [0.25, 0.3) is 5.56 Å². The highest BCUT2D eigenvalue weighted by atomic mass is 32.2. The number of benzene rings is 1. The monoisotopic (exact) mass is 456 g/mol. The standard InChI is InChI=1S/C20H20N6O3S2/c1-24-18(27)15-17(22-19(31-15)25-9-3-4-10-25)26(20(24)28)11-14-21-16(23-29-14)12-5-7-13(30-2)8-6-12/h5-8H,3-4,9-11H2,1-2H3. The zero-order valence-corrected chi connectivity index (χ0v) is 18.7. The van der Waals surface area contributed by atoms with Crippen LogP contribution in [0.3, 0.4) is 0 Å². The fourth-order valence-electron chi connectivity index (χ4n) is 3.63. The minimum Gasteiger partial charge on any atom is -0.348 e. The second-order valence-corrected chi connectivity index (χ2v) is 9.17. The van der Waals surface area contributed by atoms with Gasteiger partial charge in [0.1, 0.15) is 11.2 Å². The molecular weight excluding hydrogens is 436 g/mol. The van der Waals surface area contributed by atoms with Gasteiger partial charge in [-0.3, -0.25) is 13.9 Å². The molecule has 4 aromatic rings. The van der Waals surface area contributed by atoms with Gasteiger partial charge >= 0.3 is 5.69 Å². The number of hydrogen-bond donors (Lipinski definition) is 0. The number of rotatable bonds is 5. The van der Waals surface area contributed by atoms with Crippen molar-refractivity contribution in [2.75, 3.05) is 24.2 Å². The summed E-state index contributed by atoms with van der Waals surface area (Å²) in [7, 11) is 1.47. The van der Waals surface area contributed by atoms with E-state index in [4.69, 9.17) is 4.52 Å². The van der Waals surface area contributed by atoms with Crippen LogP contribution in [0.4, 0.5) is 5.13 Å². The first-order valence-electron chi connectivity index (χ1n) is 9.87. The van der Waals surface area contributed by atoms with Crippen LogP contribution in [0.25, 0.3) is 21.7 Å². The molecule has 0 aliphatic carbocycles. The van der Waals surface area contributed by atoms with Gasteiger partial charge in [-0.25, -0.2) is 9.78 Å². The van der Waals surface area contributed by atoms with Crippen LogP contribution in [0, 0.1) is 0 Å². The Balaban J connectivity index is 1.53. The molecule has 0 spiro atoms. The van der Waals surface area contributed by atoms with E-state index in [1.807, 2.05) is 30.5 Å². The van der Waals surface area contributed by atoms with E-state index in [0.717, 1.165) is 46.1 Å². The largest absolute Gasteiger partial charge is 0.348 e. The fourth-order valence-corrected chi connectivity index (χ4v) is 5.14. The Morgan fingerprint density at radius 2 is 1.87 bits per heavy atom. The van der Waals surface area contributed by atoms with Crippen LogP contribution < -0.4 is 16.1 Å². The molecule has 160 valence electrons. The number of anilines is 1. The molecule has 1 saturated heterocycles. The summed E-state index contributed by atoms with van der Waals surface area (Å²) in [6, 6.07) is 7.85. The number of thiazole rings is 1. The number of nitrogens with zero attached hydrogens (tertiary/aromatic N) is 6. The lowest BCUT2D eigenvalue weighted by Crippen LogP contribution is -2.38. The Morgan fingerprint density at radius 3 is 2.58 bits per heavy atom. The summed E-state index contributed by atoms with van der Waals surface area (Å²) < 4.78 is 8.40. The predicted molar refractivity (Wildman–Crippen MR) is 121 cm³/mol. The van der Waals surface area contributed by atoms with Crippen LogP contribution in [-0.4, -0.2) is 43.6 Å². The van der Waals surface area contributed by atoms with Crippen molar-refractivity contribution >= 4 is 38.6 Å². The van der Waals surface area contributed by atoms with E-state index in [0.29, 0.717) is 16.2 Å². The average Bonchev–Trinajstić information content (AvgIpc) is 3.55. The molecule has 1 aliphatic heterocycles. The van der Waals surface area contributed by atoms with Crippen LogP contribution in [0.1, 0.15) is 18.7 Å². The van der Waals surface area contributed by atoms with Gasteiger partial charge < -0.3 is 9.42 Å². The summed E-state index contributed by atoms with van der Waals surface area (Å²) >= 11 is 2.98. The third-order valence-electron chi connectivity index (χ3n) is 5.36. The quantitative estimate of drug-likeness (QED) is 0.423. The Kier molecular flexibility index (Phi) is 5.14. The van der Waals surface area contributed by atoms with Crippen LogP contribution in [0.5, 0.6) is 0 Å². The van der Waals surface area contributed by atoms with Gasteiger partial charge in [0.05, 0.1) is 0 Å². The van der Waals surface area contributed by atoms with E-state index < -0.39 is 5.69 Å². The molecule has 0 saturated carbocycles. The fraction of sp³-hybridized carbons (Fsp3) is 0.350. The van der Waals surface area contributed by atoms with Crippen molar-refractivity contribution in [2.45, 2.75) is 24.3 Å². The molecule has 11 heteroatoms. The third kappa shape index (κ3) is 3.57. The first-order chi connectivity index (χ1) is 15.0. The van der Waals surface area contributed by atoms with Crippen molar-refractivity contribution in [3.05, 3.63) is 51.0 Å². The van der Waals surface area contributed by atoms with E-state index in [1.165, 1.54) is 23.0 Å². The van der Waals surface area contributed by atoms with Crippen LogP contribution in [-0.2, 0) is 13.6 Å². The van der Waals surface area contributed by atoms with E-state index in [-0.39, 0.29) is 18.0 Å². The van der Waals surface area contributed by atoms with Gasteiger partial charge in [0, 0.05) is 30.6 Å². The lowest BCUT2D eigenvalue weighted by Gasteiger charge is -2.11. The molecule has 1 aliphatic rings. The maximum atomic E-state index is 12.9. The summed E-state index contributed by atoms with van der Waals surface area (Å²) in [6.07, 6.45) is 4.22. The maximum absolute atomic E-state index is 12.9. The molecule has 1 aromatic carbocycles. The van der Waals surface area contributed by atoms with Crippen molar-refractivity contribution < 1.29 is 4.52 Å². The molecule has 5 rings (SSSR count). The summed E-state index contributed by atoms with van der Waals surface area (Å²) in [5.74, 6) is 0.731. The molecule has 0 atom stereocenters. The highest BCUT2D eigenvalue weighted by molar-refractivity contribution is 7.98. The molecule has 0 radical (unpaired) electrons. The summed E-state index contributed by atoms with van der Waals surface area (Å²) in [5.41, 5.74) is 0.402. The second-order valence-electron chi connectivity index (χ2n) is 7.32. The minimum atomic E-state index is -0.458. The van der Waals surface area contributed by atoms with Gasteiger partial charge in [-0.15, -0.1) is 11.8 Å². The third-order valence-corrected chi connectivity index (χ3v) is 7.19. The molecule has 4 heterocycles. The average molecular weight is 457 g/mol. The van der Waals surface area contributed by atoms with E-state index in [9.17, 15) is 9.59 Å². The van der Waals surface area contributed by atoms with Crippen LogP contribution in [0.15, 0.2) is 43.3 Å². The van der Waals surface area contributed by atoms with Gasteiger partial charge in [-0.1, -0.05) is 16.5 Å². The van der Waals surface area contributed by atoms with Crippen molar-refractivity contribution in [1.29, 1.82) is 0 Å². The normalized spacial score (nSPS) is 14.1. The smallest absolute Gasteiger partial charge is 0.332 e. The highest BCUT2D eigenvalue weighted by Gasteiger charge is 2.22. The summed E-state index contributed by atoms with van der Waals surface area (Å²) in [5, 5.41) is 4.82. The minimum absolute atomic E-state index is 0.0442. The van der Waals surface area contributed by atoms with Gasteiger partial charge in [-0.2, -0.15) is 4.98 Å². The number of aromatic nitrogens is 5. The molecule has 0 bridgehead atoms. The van der Waals surface area contributed by atoms with Crippen molar-refractivity contribution in [3.8, 4) is 11.4 Å². The summed E-state index contributed by atoms with van der Waals surface area (Å²) in [6.45, 7) is 1.86. The molecule has 0 amide bonds. The Bertz CT molecular complexity index is 1360. The summed E-state index contributed by atoms with van der Waals surface area (Å²) in [4.78, 5) is 37.9. The molecular formula is C20H20N6O3S2. The SMILES string of the molecule is CSc1ccc(-c2noc(Cn3c(=O)n(C)c(=O)c4sc(N5CCCC5)nc43)n2)cc1. The lowest BCUT2D eigenvalue weighted by molar-refractivity contribution is 0.369. The Labute approximate surface area is 185 Å². The Morgan fingerprint density at radius 1 is 1.13 bits per heavy atom. The zero-order chi connectivity index (χ0) is 21.5. The van der Waals surface area contributed by atoms with Gasteiger partial charge in [0.2, 0.25) is 11.7 Å². The number of fused-ring (bicyclic) bond motifs is 1. The van der Waals surface area contributed by atoms with E-state index in [2.05, 4.69) is 20.0 Å². The first kappa shape index (κ1) is 20.0. The van der Waals surface area contributed by atoms with Gasteiger partial charge in [-0.05, 0) is 43.4 Å². The van der Waals surface area contributed by atoms with Crippen LogP contribution in [0.2, 0.25) is 0 Å². The molecule has 3 aromatic heterocycles. The van der Waals surface area contributed by atoms with Crippen molar-refractivity contribution in [1.82, 2.24) is 24.3 Å². The van der Waals surface area contributed by atoms with E-state index in [1.54, 1.807) is 11.8 Å². The first-order valence-corrected chi connectivity index (χ1v) is 11.9. The van der Waals surface area contributed by atoms with E-state index >= 15 is 0 Å². The topological polar surface area (TPSA) is 99.0 Å². The Hall–Kier alpha value is -2.92. The van der Waals surface area contributed by atoms with Crippen molar-refractivity contribution in [3.63, 3.8) is 0 Å². The molecule has 31 heavy (non-hydrogen) atoms. The van der Waals surface area contributed by atoms with Crippen molar-refractivity contribution in [2.24, 2.45) is 7.05 Å². The zero-order valence-electron chi connectivity index (χ0n) is 17.1. The number of hydrogen-bond acceptors (Lipinski definition) is 9. The second kappa shape index (κ2) is 7.97. The van der Waals surface area contributed by atoms with Crippen LogP contribution >= 0.6 is 23.1 Å². The maximum Gasteiger partial charge on any atom is 0.332 e. The predicted octanol–water partition coefficient (Wildman–Crippen LogP) is 2.58. The lowest BCUT2D eigenvalue weighted by atomic mass is 10.2. The molecule has 1 fully saturated rings.